The molecule has 1 fully saturated rings. The predicted octanol–water partition coefficient (Wildman–Crippen LogP) is 5.42. The zero-order valence-electron chi connectivity index (χ0n) is 14.9. The van der Waals surface area contributed by atoms with Gasteiger partial charge in [-0.25, -0.2) is 4.90 Å². The fourth-order valence-electron chi connectivity index (χ4n) is 3.71. The van der Waals surface area contributed by atoms with Crippen molar-refractivity contribution in [1.29, 1.82) is 0 Å². The van der Waals surface area contributed by atoms with Crippen molar-refractivity contribution >= 4 is 57.9 Å². The van der Waals surface area contributed by atoms with Crippen molar-refractivity contribution in [3.8, 4) is 0 Å². The number of carbonyl (C=O) groups is 2. The van der Waals surface area contributed by atoms with Gasteiger partial charge >= 0.3 is 0 Å². The van der Waals surface area contributed by atoms with Gasteiger partial charge in [-0.05, 0) is 49.6 Å². The topological polar surface area (TPSA) is 40.6 Å². The minimum Gasteiger partial charge on any atom is -0.366 e. The van der Waals surface area contributed by atoms with Crippen LogP contribution in [0.5, 0.6) is 0 Å². The smallest absolute Gasteiger partial charge is 0.282 e. The maximum absolute atomic E-state index is 13.4. The third-order valence-electron chi connectivity index (χ3n) is 5.00. The Hall–Kier alpha value is -2.01. The molecule has 4 nitrogen and oxygen atoms in total. The van der Waals surface area contributed by atoms with Gasteiger partial charge < -0.3 is 4.90 Å². The fourth-order valence-corrected chi connectivity index (χ4v) is 4.40. The molecule has 1 saturated heterocycles. The summed E-state index contributed by atoms with van der Waals surface area (Å²) in [5.41, 5.74) is 1.66. The Bertz CT molecular complexity index is 997. The number of carbonyl (C=O) groups excluding carboxylic acids is 2. The summed E-state index contributed by atoms with van der Waals surface area (Å²) in [5.74, 6) is -0.757. The highest BCUT2D eigenvalue weighted by atomic mass is 35.5. The third kappa shape index (κ3) is 3.41. The van der Waals surface area contributed by atoms with Crippen LogP contribution in [0.3, 0.4) is 0 Å². The number of nitrogens with zero attached hydrogens (tertiary/aromatic N) is 2. The number of imide groups is 1. The standard InChI is InChI=1S/C21H17Cl3N2O2/c22-13-5-4-6-15(11-13)26-20(27)18(16-8-7-14(23)12-17(16)24)19(21(26)28)25-9-2-1-3-10-25/h4-8,11-12H,1-3,9-10H2. The molecule has 28 heavy (non-hydrogen) atoms. The van der Waals surface area contributed by atoms with Crippen molar-refractivity contribution in [2.24, 2.45) is 0 Å². The molecule has 0 aliphatic carbocycles. The van der Waals surface area contributed by atoms with E-state index in [4.69, 9.17) is 34.8 Å². The largest absolute Gasteiger partial charge is 0.366 e. The molecular weight excluding hydrogens is 419 g/mol. The normalized spacial score (nSPS) is 17.7. The molecule has 0 atom stereocenters. The number of benzene rings is 2. The van der Waals surface area contributed by atoms with Crippen molar-refractivity contribution in [3.05, 3.63) is 68.8 Å². The lowest BCUT2D eigenvalue weighted by atomic mass is 10.0. The molecule has 0 bridgehead atoms. The summed E-state index contributed by atoms with van der Waals surface area (Å²) in [7, 11) is 0. The Labute approximate surface area is 178 Å². The zero-order valence-corrected chi connectivity index (χ0v) is 17.2. The molecule has 0 saturated carbocycles. The maximum atomic E-state index is 13.4. The molecule has 2 aliphatic heterocycles. The maximum Gasteiger partial charge on any atom is 0.282 e. The third-order valence-corrected chi connectivity index (χ3v) is 5.78. The van der Waals surface area contributed by atoms with Crippen molar-refractivity contribution in [2.75, 3.05) is 18.0 Å². The quantitative estimate of drug-likeness (QED) is 0.605. The number of hydrogen-bond donors (Lipinski definition) is 0. The number of piperidine rings is 1. The molecule has 2 aromatic carbocycles. The minimum atomic E-state index is -0.405. The monoisotopic (exact) mass is 434 g/mol. The van der Waals surface area contributed by atoms with Gasteiger partial charge in [0.25, 0.3) is 11.8 Å². The van der Waals surface area contributed by atoms with Crippen LogP contribution in [0.1, 0.15) is 24.8 Å². The van der Waals surface area contributed by atoms with E-state index in [1.165, 1.54) is 4.90 Å². The van der Waals surface area contributed by atoms with Gasteiger partial charge in [-0.3, -0.25) is 9.59 Å². The summed E-state index contributed by atoms with van der Waals surface area (Å²) in [5, 5.41) is 1.26. The van der Waals surface area contributed by atoms with Gasteiger partial charge in [0.15, 0.2) is 0 Å². The van der Waals surface area contributed by atoms with E-state index in [9.17, 15) is 9.59 Å². The molecule has 0 spiro atoms. The van der Waals surface area contributed by atoms with E-state index >= 15 is 0 Å². The summed E-state index contributed by atoms with van der Waals surface area (Å²) in [6.45, 7) is 1.46. The highest BCUT2D eigenvalue weighted by Crippen LogP contribution is 2.39. The summed E-state index contributed by atoms with van der Waals surface area (Å²) < 4.78 is 0. The first-order valence-electron chi connectivity index (χ1n) is 9.06. The van der Waals surface area contributed by atoms with E-state index in [2.05, 4.69) is 0 Å². The first kappa shape index (κ1) is 19.3. The molecule has 4 rings (SSSR count). The van der Waals surface area contributed by atoms with Gasteiger partial charge in [0.2, 0.25) is 0 Å². The summed E-state index contributed by atoms with van der Waals surface area (Å²) in [6.07, 6.45) is 3.06. The lowest BCUT2D eigenvalue weighted by Crippen LogP contribution is -2.37. The molecular formula is C21H17Cl3N2O2. The Morgan fingerprint density at radius 2 is 1.50 bits per heavy atom. The Morgan fingerprint density at radius 1 is 0.786 bits per heavy atom. The van der Waals surface area contributed by atoms with Crippen molar-refractivity contribution in [1.82, 2.24) is 4.90 Å². The van der Waals surface area contributed by atoms with Crippen LogP contribution >= 0.6 is 34.8 Å². The molecule has 0 N–H and O–H groups in total. The molecule has 0 aromatic heterocycles. The van der Waals surface area contributed by atoms with Gasteiger partial charge in [0.05, 0.1) is 16.3 Å². The van der Waals surface area contributed by atoms with E-state index in [1.54, 1.807) is 42.5 Å². The van der Waals surface area contributed by atoms with Crippen LogP contribution < -0.4 is 4.90 Å². The zero-order chi connectivity index (χ0) is 19.8. The molecule has 0 unspecified atom stereocenters. The SMILES string of the molecule is O=C1C(c2ccc(Cl)cc2Cl)=C(N2CCCCC2)C(=O)N1c1cccc(Cl)c1. The number of halogens is 3. The summed E-state index contributed by atoms with van der Waals surface area (Å²) >= 11 is 18.5. The molecule has 144 valence electrons. The van der Waals surface area contributed by atoms with E-state index in [1.807, 2.05) is 4.90 Å². The van der Waals surface area contributed by atoms with E-state index in [0.717, 1.165) is 32.4 Å². The predicted molar refractivity (Wildman–Crippen MR) is 113 cm³/mol. The van der Waals surface area contributed by atoms with Crippen molar-refractivity contribution < 1.29 is 9.59 Å². The second kappa shape index (κ2) is 7.78. The highest BCUT2D eigenvalue weighted by molar-refractivity contribution is 6.47. The molecule has 2 amide bonds. The molecule has 0 radical (unpaired) electrons. The average Bonchev–Trinajstić information content (AvgIpc) is 2.93. The Morgan fingerprint density at radius 3 is 2.18 bits per heavy atom. The second-order valence-corrected chi connectivity index (χ2v) is 8.10. The van der Waals surface area contributed by atoms with Crippen LogP contribution in [0, 0.1) is 0 Å². The van der Waals surface area contributed by atoms with Crippen molar-refractivity contribution in [2.45, 2.75) is 19.3 Å². The Kier molecular flexibility index (Phi) is 5.37. The van der Waals surface area contributed by atoms with Crippen LogP contribution in [0.25, 0.3) is 5.57 Å². The first-order valence-corrected chi connectivity index (χ1v) is 10.2. The minimum absolute atomic E-state index is 0.313. The van der Waals surface area contributed by atoms with Gasteiger partial charge in [0.1, 0.15) is 5.70 Å². The van der Waals surface area contributed by atoms with Crippen LogP contribution in [0.4, 0.5) is 5.69 Å². The summed E-state index contributed by atoms with van der Waals surface area (Å²) in [6, 6.07) is 11.7. The van der Waals surface area contributed by atoms with Crippen LogP contribution in [-0.2, 0) is 9.59 Å². The molecule has 7 heteroatoms. The van der Waals surface area contributed by atoms with Crippen LogP contribution in [-0.4, -0.2) is 29.8 Å². The van der Waals surface area contributed by atoms with Crippen molar-refractivity contribution in [3.63, 3.8) is 0 Å². The van der Waals surface area contributed by atoms with Gasteiger partial charge in [-0.1, -0.05) is 46.9 Å². The fraction of sp³-hybridized carbons (Fsp3) is 0.238. The van der Waals surface area contributed by atoms with Crippen LogP contribution in [0.2, 0.25) is 15.1 Å². The number of rotatable bonds is 3. The number of hydrogen-bond acceptors (Lipinski definition) is 3. The lowest BCUT2D eigenvalue weighted by molar-refractivity contribution is -0.120. The second-order valence-electron chi connectivity index (χ2n) is 6.82. The van der Waals surface area contributed by atoms with Gasteiger partial charge in [-0.2, -0.15) is 0 Å². The lowest BCUT2D eigenvalue weighted by Gasteiger charge is -2.29. The molecule has 2 aliphatic rings. The van der Waals surface area contributed by atoms with Gasteiger partial charge in [-0.15, -0.1) is 0 Å². The summed E-state index contributed by atoms with van der Waals surface area (Å²) in [4.78, 5) is 30.0. The van der Waals surface area contributed by atoms with E-state index in [-0.39, 0.29) is 5.91 Å². The van der Waals surface area contributed by atoms with E-state index in [0.29, 0.717) is 37.6 Å². The number of amides is 2. The highest BCUT2D eigenvalue weighted by Gasteiger charge is 2.43. The molecule has 2 aromatic rings. The average molecular weight is 436 g/mol. The van der Waals surface area contributed by atoms with E-state index < -0.39 is 5.91 Å². The molecule has 2 heterocycles. The van der Waals surface area contributed by atoms with Gasteiger partial charge in [0, 0.05) is 28.7 Å². The van der Waals surface area contributed by atoms with Crippen LogP contribution in [0.15, 0.2) is 48.2 Å². The number of likely N-dealkylation sites (tertiary alicyclic amines) is 1. The first-order chi connectivity index (χ1) is 13.5. The Balaban J connectivity index is 1.87. The number of anilines is 1.